The van der Waals surface area contributed by atoms with Crippen molar-refractivity contribution in [2.45, 2.75) is 56.5 Å². The molecule has 1 atom stereocenters. The summed E-state index contributed by atoms with van der Waals surface area (Å²) in [6, 6.07) is 0.476. The number of hydrogen-bond donors (Lipinski definition) is 2. The maximum Gasteiger partial charge on any atom is 0.242 e. The van der Waals surface area contributed by atoms with Crippen molar-refractivity contribution >= 4 is 11.8 Å². The summed E-state index contributed by atoms with van der Waals surface area (Å²) in [6.45, 7) is 4.61. The first kappa shape index (κ1) is 19.6. The summed E-state index contributed by atoms with van der Waals surface area (Å²) >= 11 is 0. The van der Waals surface area contributed by atoms with Crippen LogP contribution in [0.1, 0.15) is 44.9 Å². The summed E-state index contributed by atoms with van der Waals surface area (Å²) in [5.41, 5.74) is 5.62. The van der Waals surface area contributed by atoms with E-state index >= 15 is 0 Å². The molecule has 3 rings (SSSR count). The lowest BCUT2D eigenvalue weighted by atomic mass is 9.76. The minimum Gasteiger partial charge on any atom is -0.383 e. The van der Waals surface area contributed by atoms with Gasteiger partial charge in [-0.05, 0) is 51.5 Å². The highest BCUT2D eigenvalue weighted by atomic mass is 16.5. The summed E-state index contributed by atoms with van der Waals surface area (Å²) in [6.07, 6.45) is 6.73. The number of nitrogens with zero attached hydrogens (tertiary/aromatic N) is 2. The molecule has 3 aliphatic rings. The van der Waals surface area contributed by atoms with Crippen LogP contribution in [0.2, 0.25) is 0 Å². The number of carbonyl (C=O) groups excluding carboxylic acids is 2. The molecular weight excluding hydrogens is 332 g/mol. The molecule has 2 heterocycles. The number of carbonyl (C=O) groups is 2. The number of ether oxygens (including phenoxy) is 1. The van der Waals surface area contributed by atoms with Crippen LogP contribution >= 0.6 is 0 Å². The Morgan fingerprint density at radius 1 is 1.15 bits per heavy atom. The highest BCUT2D eigenvalue weighted by Gasteiger charge is 2.43. The Kier molecular flexibility index (Phi) is 6.53. The smallest absolute Gasteiger partial charge is 0.242 e. The zero-order valence-corrected chi connectivity index (χ0v) is 16.0. The number of methoxy groups -OCH3 is 1. The molecule has 0 radical (unpaired) electrons. The summed E-state index contributed by atoms with van der Waals surface area (Å²) < 4.78 is 5.00. The van der Waals surface area contributed by atoms with Gasteiger partial charge in [-0.3, -0.25) is 14.5 Å². The Balaban J connectivity index is 1.45. The standard InChI is InChI=1S/C19H34N4O3/c1-26-13-9-21-17(24)15-4-2-10-23(14-15)16-5-11-22(12-6-16)18(25)19(20)7-3-8-19/h15-16H,2-14,20H2,1H3,(H,21,24). The number of piperidine rings is 2. The molecule has 2 aliphatic heterocycles. The van der Waals surface area contributed by atoms with Gasteiger partial charge >= 0.3 is 0 Å². The monoisotopic (exact) mass is 366 g/mol. The van der Waals surface area contributed by atoms with Gasteiger partial charge in [0.2, 0.25) is 11.8 Å². The molecule has 7 heteroatoms. The van der Waals surface area contributed by atoms with E-state index in [1.165, 1.54) is 0 Å². The number of amides is 2. The van der Waals surface area contributed by atoms with E-state index in [0.717, 1.165) is 71.1 Å². The van der Waals surface area contributed by atoms with Crippen LogP contribution in [0.15, 0.2) is 0 Å². The molecule has 7 nitrogen and oxygen atoms in total. The third-order valence-corrected chi connectivity index (χ3v) is 6.37. The van der Waals surface area contributed by atoms with Crippen LogP contribution in [0, 0.1) is 5.92 Å². The molecule has 26 heavy (non-hydrogen) atoms. The summed E-state index contributed by atoms with van der Waals surface area (Å²) in [5.74, 6) is 0.369. The molecule has 2 saturated heterocycles. The van der Waals surface area contributed by atoms with Crippen molar-refractivity contribution in [1.29, 1.82) is 0 Å². The third kappa shape index (κ3) is 4.38. The van der Waals surface area contributed by atoms with Gasteiger partial charge in [-0.1, -0.05) is 0 Å². The van der Waals surface area contributed by atoms with E-state index in [2.05, 4.69) is 10.2 Å². The van der Waals surface area contributed by atoms with Gasteiger partial charge < -0.3 is 20.7 Å². The highest BCUT2D eigenvalue weighted by molar-refractivity contribution is 5.87. The summed E-state index contributed by atoms with van der Waals surface area (Å²) in [4.78, 5) is 29.3. The Morgan fingerprint density at radius 2 is 1.88 bits per heavy atom. The number of rotatable bonds is 6. The summed E-state index contributed by atoms with van der Waals surface area (Å²) in [5, 5.41) is 2.97. The number of hydrogen-bond acceptors (Lipinski definition) is 5. The molecule has 3 fully saturated rings. The van der Waals surface area contributed by atoms with Crippen molar-refractivity contribution in [2.75, 3.05) is 46.4 Å². The van der Waals surface area contributed by atoms with Gasteiger partial charge in [0.15, 0.2) is 0 Å². The molecule has 1 unspecified atom stereocenters. The molecule has 1 saturated carbocycles. The third-order valence-electron chi connectivity index (χ3n) is 6.37. The van der Waals surface area contributed by atoms with E-state index in [4.69, 9.17) is 10.5 Å². The molecule has 148 valence electrons. The lowest BCUT2D eigenvalue weighted by Gasteiger charge is -2.45. The van der Waals surface area contributed by atoms with Crippen LogP contribution in [0.25, 0.3) is 0 Å². The molecule has 0 bridgehead atoms. The second-order valence-electron chi connectivity index (χ2n) is 8.15. The Labute approximate surface area is 156 Å². The minimum absolute atomic E-state index is 0.0718. The zero-order valence-electron chi connectivity index (χ0n) is 16.0. The second-order valence-corrected chi connectivity index (χ2v) is 8.15. The van der Waals surface area contributed by atoms with E-state index in [-0.39, 0.29) is 17.7 Å². The van der Waals surface area contributed by atoms with E-state index < -0.39 is 5.54 Å². The SMILES string of the molecule is COCCNC(=O)C1CCCN(C2CCN(C(=O)C3(N)CCC3)CC2)C1. The van der Waals surface area contributed by atoms with Crippen LogP contribution in [0.3, 0.4) is 0 Å². The average Bonchev–Trinajstić information content (AvgIpc) is 2.66. The van der Waals surface area contributed by atoms with E-state index in [0.29, 0.717) is 19.2 Å². The largest absolute Gasteiger partial charge is 0.383 e. The van der Waals surface area contributed by atoms with Crippen LogP contribution in [-0.2, 0) is 14.3 Å². The molecular formula is C19H34N4O3. The van der Waals surface area contributed by atoms with Gasteiger partial charge in [0.05, 0.1) is 18.1 Å². The van der Waals surface area contributed by atoms with Crippen molar-refractivity contribution in [1.82, 2.24) is 15.1 Å². The van der Waals surface area contributed by atoms with Crippen molar-refractivity contribution < 1.29 is 14.3 Å². The number of nitrogens with one attached hydrogen (secondary N) is 1. The number of nitrogens with two attached hydrogens (primary N) is 1. The van der Waals surface area contributed by atoms with E-state index in [1.54, 1.807) is 7.11 Å². The molecule has 0 aromatic heterocycles. The fourth-order valence-electron chi connectivity index (χ4n) is 4.49. The molecule has 0 spiro atoms. The van der Waals surface area contributed by atoms with Gasteiger partial charge in [-0.25, -0.2) is 0 Å². The fraction of sp³-hybridized carbons (Fsp3) is 0.895. The first-order chi connectivity index (χ1) is 12.5. The lowest BCUT2D eigenvalue weighted by Crippen LogP contribution is -2.61. The van der Waals surface area contributed by atoms with Gasteiger partial charge in [-0.15, -0.1) is 0 Å². The minimum atomic E-state index is -0.580. The number of likely N-dealkylation sites (tertiary alicyclic amines) is 2. The van der Waals surface area contributed by atoms with Gasteiger partial charge in [0, 0.05) is 39.3 Å². The quantitative estimate of drug-likeness (QED) is 0.662. The molecule has 0 aromatic rings. The lowest BCUT2D eigenvalue weighted by molar-refractivity contribution is -0.141. The first-order valence-electron chi connectivity index (χ1n) is 10.1. The zero-order chi connectivity index (χ0) is 18.6. The summed E-state index contributed by atoms with van der Waals surface area (Å²) in [7, 11) is 1.64. The maximum atomic E-state index is 12.6. The Hall–Kier alpha value is -1.18. The van der Waals surface area contributed by atoms with Gasteiger partial charge in [0.1, 0.15) is 0 Å². The maximum absolute atomic E-state index is 12.6. The topological polar surface area (TPSA) is 87.9 Å². The predicted molar refractivity (Wildman–Crippen MR) is 99.6 cm³/mol. The molecule has 3 N–H and O–H groups in total. The highest BCUT2D eigenvalue weighted by Crippen LogP contribution is 2.32. The van der Waals surface area contributed by atoms with Crippen molar-refractivity contribution in [2.24, 2.45) is 11.7 Å². The molecule has 2 amide bonds. The second kappa shape index (κ2) is 8.67. The van der Waals surface area contributed by atoms with E-state index in [1.807, 2.05) is 4.90 Å². The first-order valence-corrected chi connectivity index (χ1v) is 10.1. The van der Waals surface area contributed by atoms with Crippen molar-refractivity contribution in [3.05, 3.63) is 0 Å². The normalized spacial score (nSPS) is 27.0. The van der Waals surface area contributed by atoms with Crippen LogP contribution in [0.4, 0.5) is 0 Å². The molecule has 0 aromatic carbocycles. The van der Waals surface area contributed by atoms with Crippen LogP contribution in [0.5, 0.6) is 0 Å². The van der Waals surface area contributed by atoms with Crippen LogP contribution in [-0.4, -0.2) is 79.6 Å². The Morgan fingerprint density at radius 3 is 2.50 bits per heavy atom. The van der Waals surface area contributed by atoms with Crippen molar-refractivity contribution in [3.63, 3.8) is 0 Å². The molecule has 1 aliphatic carbocycles. The fourth-order valence-corrected chi connectivity index (χ4v) is 4.49. The van der Waals surface area contributed by atoms with Gasteiger partial charge in [0.25, 0.3) is 0 Å². The van der Waals surface area contributed by atoms with Crippen molar-refractivity contribution in [3.8, 4) is 0 Å². The van der Waals surface area contributed by atoms with Gasteiger partial charge in [-0.2, -0.15) is 0 Å². The average molecular weight is 367 g/mol. The van der Waals surface area contributed by atoms with Crippen LogP contribution < -0.4 is 11.1 Å². The van der Waals surface area contributed by atoms with E-state index in [9.17, 15) is 9.59 Å². The Bertz CT molecular complexity index is 501. The predicted octanol–water partition coefficient (Wildman–Crippen LogP) is 0.333.